The maximum Gasteiger partial charge on any atom is 0.148 e. The van der Waals surface area contributed by atoms with E-state index in [1.54, 1.807) is 0 Å². The Labute approximate surface area is 223 Å². The first-order valence-corrected chi connectivity index (χ1v) is 14.5. The second-order valence-electron chi connectivity index (χ2n) is 9.16. The predicted molar refractivity (Wildman–Crippen MR) is 155 cm³/mol. The van der Waals surface area contributed by atoms with Crippen molar-refractivity contribution in [3.05, 3.63) is 115 Å². The van der Waals surface area contributed by atoms with Crippen molar-refractivity contribution in [2.45, 2.75) is 6.54 Å². The molecule has 0 spiro atoms. The third-order valence-electron chi connectivity index (χ3n) is 6.12. The Morgan fingerprint density at radius 3 is 2.24 bits per heavy atom. The van der Waals surface area contributed by atoms with Crippen LogP contribution in [0.1, 0.15) is 5.56 Å². The number of fused-ring (bicyclic) bond motifs is 1. The van der Waals surface area contributed by atoms with Crippen molar-refractivity contribution in [2.24, 2.45) is 0 Å². The molecule has 5 rings (SSSR count). The lowest BCUT2D eigenvalue weighted by molar-refractivity contribution is 0.483. The molecule has 0 aliphatic heterocycles. The third kappa shape index (κ3) is 6.76. The van der Waals surface area contributed by atoms with Crippen LogP contribution >= 0.6 is 0 Å². The van der Waals surface area contributed by atoms with Gasteiger partial charge in [-0.15, -0.1) is 0 Å². The smallest absolute Gasteiger partial charge is 0.148 e. The molecule has 0 bridgehead atoms. The molecule has 0 unspecified atom stereocenters. The molecular weight excluding hydrogens is 494 g/mol. The number of nitrogens with zero attached hydrogens (tertiary/aromatic N) is 1. The highest BCUT2D eigenvalue weighted by atomic mass is 32.2. The predicted octanol–water partition coefficient (Wildman–Crippen LogP) is 6.57. The SMILES string of the molecule is CS(=O)(=O)CCNCc1ccc(-c2ccc3c(Nc4ccc(Oc5ccccc5)cc4)ccnc3c2)cc1. The van der Waals surface area contributed by atoms with Crippen LogP contribution in [0, 0.1) is 0 Å². The van der Waals surface area contributed by atoms with Gasteiger partial charge in [-0.1, -0.05) is 54.6 Å². The van der Waals surface area contributed by atoms with E-state index in [1.165, 1.54) is 6.26 Å². The van der Waals surface area contributed by atoms with E-state index < -0.39 is 9.84 Å². The molecule has 7 heteroatoms. The summed E-state index contributed by atoms with van der Waals surface area (Å²) in [6.07, 6.45) is 3.06. The van der Waals surface area contributed by atoms with Crippen molar-refractivity contribution < 1.29 is 13.2 Å². The third-order valence-corrected chi connectivity index (χ3v) is 7.07. The van der Waals surface area contributed by atoms with Gasteiger partial charge in [-0.3, -0.25) is 4.98 Å². The molecule has 192 valence electrons. The molecule has 5 aromatic rings. The van der Waals surface area contributed by atoms with Crippen LogP contribution in [0.25, 0.3) is 22.0 Å². The van der Waals surface area contributed by atoms with Crippen LogP contribution in [0.4, 0.5) is 11.4 Å². The Bertz CT molecular complexity index is 1620. The number of anilines is 2. The van der Waals surface area contributed by atoms with E-state index >= 15 is 0 Å². The van der Waals surface area contributed by atoms with Crippen molar-refractivity contribution in [3.8, 4) is 22.6 Å². The standard InChI is InChI=1S/C31H29N3O3S/c1-38(35,36)20-19-32-22-23-7-9-24(10-8-23)25-11-16-29-30(17-18-33-31(29)21-25)34-26-12-14-28(15-13-26)37-27-5-3-2-4-6-27/h2-18,21,32H,19-20,22H2,1H3,(H,33,34). The number of pyridine rings is 1. The summed E-state index contributed by atoms with van der Waals surface area (Å²) in [7, 11) is -2.95. The normalized spacial score (nSPS) is 11.4. The Hall–Kier alpha value is -4.20. The maximum atomic E-state index is 11.3. The summed E-state index contributed by atoms with van der Waals surface area (Å²) < 4.78 is 28.4. The largest absolute Gasteiger partial charge is 0.457 e. The molecule has 2 N–H and O–H groups in total. The lowest BCUT2D eigenvalue weighted by atomic mass is 10.0. The molecule has 0 amide bonds. The Balaban J connectivity index is 1.26. The van der Waals surface area contributed by atoms with Gasteiger partial charge in [-0.25, -0.2) is 8.42 Å². The van der Waals surface area contributed by atoms with Crippen molar-refractivity contribution >= 4 is 32.1 Å². The minimum atomic E-state index is -2.95. The lowest BCUT2D eigenvalue weighted by Gasteiger charge is -2.12. The maximum absolute atomic E-state index is 11.3. The molecule has 0 aliphatic rings. The van der Waals surface area contributed by atoms with Gasteiger partial charge in [0, 0.05) is 42.3 Å². The number of hydrogen-bond donors (Lipinski definition) is 2. The van der Waals surface area contributed by atoms with Crippen molar-refractivity contribution in [1.82, 2.24) is 10.3 Å². The fraction of sp³-hybridized carbons (Fsp3) is 0.129. The van der Waals surface area contributed by atoms with E-state index in [0.29, 0.717) is 13.1 Å². The minimum absolute atomic E-state index is 0.139. The van der Waals surface area contributed by atoms with E-state index in [2.05, 4.69) is 58.1 Å². The number of benzene rings is 4. The zero-order valence-electron chi connectivity index (χ0n) is 21.1. The van der Waals surface area contributed by atoms with Gasteiger partial charge in [0.2, 0.25) is 0 Å². The topological polar surface area (TPSA) is 80.3 Å². The molecule has 38 heavy (non-hydrogen) atoms. The molecule has 0 radical (unpaired) electrons. The van der Waals surface area contributed by atoms with Crippen LogP contribution in [-0.4, -0.2) is 32.0 Å². The molecule has 0 fully saturated rings. The lowest BCUT2D eigenvalue weighted by Crippen LogP contribution is -2.21. The average molecular weight is 524 g/mol. The molecule has 0 saturated heterocycles. The first kappa shape index (κ1) is 25.4. The Kier molecular flexibility index (Phi) is 7.67. The number of rotatable bonds is 10. The molecule has 1 aromatic heterocycles. The van der Waals surface area contributed by atoms with Crippen LogP contribution in [-0.2, 0) is 16.4 Å². The summed E-state index contributed by atoms with van der Waals surface area (Å²) in [5, 5.41) is 7.71. The van der Waals surface area contributed by atoms with E-state index in [4.69, 9.17) is 4.74 Å². The Morgan fingerprint density at radius 1 is 0.789 bits per heavy atom. The van der Waals surface area contributed by atoms with E-state index in [-0.39, 0.29) is 5.75 Å². The van der Waals surface area contributed by atoms with Gasteiger partial charge in [0.1, 0.15) is 21.3 Å². The fourth-order valence-corrected chi connectivity index (χ4v) is 4.64. The highest BCUT2D eigenvalue weighted by Crippen LogP contribution is 2.30. The first-order chi connectivity index (χ1) is 18.4. The summed E-state index contributed by atoms with van der Waals surface area (Å²) in [6.45, 7) is 1.07. The van der Waals surface area contributed by atoms with Gasteiger partial charge in [0.15, 0.2) is 0 Å². The Morgan fingerprint density at radius 2 is 1.50 bits per heavy atom. The number of hydrogen-bond acceptors (Lipinski definition) is 6. The van der Waals surface area contributed by atoms with E-state index in [0.717, 1.165) is 50.5 Å². The fourth-order valence-electron chi connectivity index (χ4n) is 4.13. The summed E-state index contributed by atoms with van der Waals surface area (Å²) in [4.78, 5) is 4.60. The molecule has 6 nitrogen and oxygen atoms in total. The zero-order chi connectivity index (χ0) is 26.4. The van der Waals surface area contributed by atoms with Gasteiger partial charge in [-0.05, 0) is 65.2 Å². The average Bonchev–Trinajstić information content (AvgIpc) is 2.92. The van der Waals surface area contributed by atoms with Gasteiger partial charge in [-0.2, -0.15) is 0 Å². The van der Waals surface area contributed by atoms with Crippen molar-refractivity contribution in [2.75, 3.05) is 23.9 Å². The summed E-state index contributed by atoms with van der Waals surface area (Å²) >= 11 is 0. The number of aromatic nitrogens is 1. The molecule has 4 aromatic carbocycles. The van der Waals surface area contributed by atoms with Crippen LogP contribution in [0.3, 0.4) is 0 Å². The van der Waals surface area contributed by atoms with Crippen LogP contribution < -0.4 is 15.4 Å². The van der Waals surface area contributed by atoms with Gasteiger partial charge in [0.25, 0.3) is 0 Å². The van der Waals surface area contributed by atoms with Crippen LogP contribution in [0.15, 0.2) is 109 Å². The first-order valence-electron chi connectivity index (χ1n) is 12.4. The van der Waals surface area contributed by atoms with Gasteiger partial charge < -0.3 is 15.4 Å². The van der Waals surface area contributed by atoms with Gasteiger partial charge in [0.05, 0.1) is 11.3 Å². The number of sulfone groups is 1. The molecule has 0 atom stereocenters. The highest BCUT2D eigenvalue weighted by molar-refractivity contribution is 7.90. The second kappa shape index (κ2) is 11.5. The minimum Gasteiger partial charge on any atom is -0.457 e. The number of para-hydroxylation sites is 1. The summed E-state index contributed by atoms with van der Waals surface area (Å²) in [6, 6.07) is 34.1. The van der Waals surface area contributed by atoms with Crippen LogP contribution in [0.2, 0.25) is 0 Å². The molecule has 1 heterocycles. The number of ether oxygens (including phenoxy) is 1. The summed E-state index contributed by atoms with van der Waals surface area (Å²) in [5.74, 6) is 1.72. The van der Waals surface area contributed by atoms with Crippen LogP contribution in [0.5, 0.6) is 11.5 Å². The quantitative estimate of drug-likeness (QED) is 0.202. The van der Waals surface area contributed by atoms with Crippen molar-refractivity contribution in [3.63, 3.8) is 0 Å². The van der Waals surface area contributed by atoms with E-state index in [1.807, 2.05) is 66.9 Å². The molecular formula is C31H29N3O3S. The zero-order valence-corrected chi connectivity index (χ0v) is 21.9. The number of nitrogens with one attached hydrogen (secondary N) is 2. The second-order valence-corrected chi connectivity index (χ2v) is 11.4. The molecule has 0 saturated carbocycles. The molecule has 0 aliphatic carbocycles. The van der Waals surface area contributed by atoms with Crippen molar-refractivity contribution in [1.29, 1.82) is 0 Å². The van der Waals surface area contributed by atoms with Gasteiger partial charge >= 0.3 is 0 Å². The van der Waals surface area contributed by atoms with E-state index in [9.17, 15) is 8.42 Å². The highest BCUT2D eigenvalue weighted by Gasteiger charge is 2.07. The monoisotopic (exact) mass is 523 g/mol. The summed E-state index contributed by atoms with van der Waals surface area (Å²) in [5.41, 5.74) is 6.13.